The van der Waals surface area contributed by atoms with Gasteiger partial charge in [0.15, 0.2) is 11.6 Å². The summed E-state index contributed by atoms with van der Waals surface area (Å²) < 4.78 is 33.6. The molecule has 8 nitrogen and oxygen atoms in total. The lowest BCUT2D eigenvalue weighted by Gasteiger charge is -2.29. The minimum atomic E-state index is -1.06. The van der Waals surface area contributed by atoms with Crippen molar-refractivity contribution < 1.29 is 18.3 Å². The molecule has 2 N–H and O–H groups in total. The molecule has 5 rings (SSSR count). The van der Waals surface area contributed by atoms with Gasteiger partial charge in [0.2, 0.25) is 5.95 Å². The van der Waals surface area contributed by atoms with E-state index in [1.807, 2.05) is 54.6 Å². The predicted molar refractivity (Wildman–Crippen MR) is 140 cm³/mol. The fourth-order valence-corrected chi connectivity index (χ4v) is 4.32. The molecule has 0 unspecified atom stereocenters. The van der Waals surface area contributed by atoms with Gasteiger partial charge in [-0.25, -0.2) is 23.1 Å². The number of nitrogens with zero attached hydrogens (tertiary/aromatic N) is 3. The Morgan fingerprint density at radius 3 is 2.61 bits per heavy atom. The molecular formula is C28H25F2N5O3. The van der Waals surface area contributed by atoms with Gasteiger partial charge in [-0.1, -0.05) is 30.3 Å². The maximum atomic E-state index is 13.8. The van der Waals surface area contributed by atoms with E-state index in [9.17, 15) is 18.4 Å². The highest BCUT2D eigenvalue weighted by Crippen LogP contribution is 2.22. The van der Waals surface area contributed by atoms with Gasteiger partial charge in [-0.3, -0.25) is 4.79 Å². The van der Waals surface area contributed by atoms with E-state index >= 15 is 0 Å². The first-order valence-electron chi connectivity index (χ1n) is 12.0. The van der Waals surface area contributed by atoms with E-state index in [0.717, 1.165) is 23.4 Å². The quantitative estimate of drug-likeness (QED) is 0.386. The Hall–Kier alpha value is -4.73. The maximum absolute atomic E-state index is 13.8. The predicted octanol–water partition coefficient (Wildman–Crippen LogP) is 4.72. The number of ether oxygens (including phenoxy) is 1. The van der Waals surface area contributed by atoms with Crippen molar-refractivity contribution in [2.75, 3.05) is 24.3 Å². The second-order valence-electron chi connectivity index (χ2n) is 8.77. The third kappa shape index (κ3) is 5.19. The molecule has 38 heavy (non-hydrogen) atoms. The zero-order chi connectivity index (χ0) is 26.6. The summed E-state index contributed by atoms with van der Waals surface area (Å²) in [5.41, 5.74) is 2.41. The number of rotatable bonds is 6. The van der Waals surface area contributed by atoms with Crippen LogP contribution < -0.4 is 20.9 Å². The average molecular weight is 518 g/mol. The van der Waals surface area contributed by atoms with Gasteiger partial charge in [-0.2, -0.15) is 0 Å². The number of benzene rings is 3. The van der Waals surface area contributed by atoms with E-state index < -0.39 is 17.7 Å². The second kappa shape index (κ2) is 10.7. The van der Waals surface area contributed by atoms with Crippen LogP contribution in [0.4, 0.5) is 25.2 Å². The van der Waals surface area contributed by atoms with Crippen molar-refractivity contribution in [2.45, 2.75) is 19.5 Å². The number of methoxy groups -OCH3 is 1. The number of amides is 2. The minimum Gasteiger partial charge on any atom is -0.497 e. The van der Waals surface area contributed by atoms with Gasteiger partial charge in [-0.05, 0) is 42.0 Å². The van der Waals surface area contributed by atoms with Crippen LogP contribution in [-0.2, 0) is 19.5 Å². The summed E-state index contributed by atoms with van der Waals surface area (Å²) in [7, 11) is 1.60. The third-order valence-corrected chi connectivity index (χ3v) is 6.29. The van der Waals surface area contributed by atoms with Gasteiger partial charge in [0, 0.05) is 31.3 Å². The van der Waals surface area contributed by atoms with Gasteiger partial charge in [0.05, 0.1) is 30.6 Å². The molecule has 0 saturated carbocycles. The highest BCUT2D eigenvalue weighted by Gasteiger charge is 2.27. The monoisotopic (exact) mass is 517 g/mol. The molecule has 4 aromatic rings. The van der Waals surface area contributed by atoms with E-state index in [1.54, 1.807) is 7.11 Å². The minimum absolute atomic E-state index is 0.0275. The summed E-state index contributed by atoms with van der Waals surface area (Å²) in [5, 5.41) is 5.85. The fourth-order valence-electron chi connectivity index (χ4n) is 4.32. The highest BCUT2D eigenvalue weighted by atomic mass is 19.2. The van der Waals surface area contributed by atoms with E-state index in [-0.39, 0.29) is 17.8 Å². The van der Waals surface area contributed by atoms with Crippen LogP contribution in [0.1, 0.15) is 16.8 Å². The SMILES string of the molecule is COc1cccc(CNc2nc3c(c(=O)n2-c2ccccc2)CN(C(=O)Nc2ccc(F)c(F)c2)CC3)c1. The largest absolute Gasteiger partial charge is 0.497 e. The van der Waals surface area contributed by atoms with Crippen LogP contribution in [0.2, 0.25) is 0 Å². The Bertz CT molecular complexity index is 1540. The third-order valence-electron chi connectivity index (χ3n) is 6.29. The first-order chi connectivity index (χ1) is 18.4. The molecule has 194 valence electrons. The normalized spacial score (nSPS) is 12.6. The lowest BCUT2D eigenvalue weighted by Crippen LogP contribution is -2.43. The molecule has 1 aliphatic rings. The van der Waals surface area contributed by atoms with Gasteiger partial charge in [-0.15, -0.1) is 0 Å². The van der Waals surface area contributed by atoms with Gasteiger partial charge in [0.25, 0.3) is 5.56 Å². The molecule has 0 radical (unpaired) electrons. The molecule has 10 heteroatoms. The van der Waals surface area contributed by atoms with Crippen LogP contribution >= 0.6 is 0 Å². The number of fused-ring (bicyclic) bond motifs is 1. The molecule has 2 amide bonds. The molecule has 3 aromatic carbocycles. The molecule has 1 aliphatic heterocycles. The molecular weight excluding hydrogens is 492 g/mol. The van der Waals surface area contributed by atoms with E-state index in [0.29, 0.717) is 42.4 Å². The summed E-state index contributed by atoms with van der Waals surface area (Å²) in [6, 6.07) is 19.3. The molecule has 0 spiro atoms. The Balaban J connectivity index is 1.44. The van der Waals surface area contributed by atoms with Crippen LogP contribution in [0, 0.1) is 11.6 Å². The smallest absolute Gasteiger partial charge is 0.322 e. The number of halogens is 2. The summed E-state index contributed by atoms with van der Waals surface area (Å²) in [5.74, 6) is -0.943. The molecule has 0 saturated heterocycles. The van der Waals surface area contributed by atoms with Crippen molar-refractivity contribution in [3.05, 3.63) is 112 Å². The maximum Gasteiger partial charge on any atom is 0.322 e. The highest BCUT2D eigenvalue weighted by molar-refractivity contribution is 5.89. The van der Waals surface area contributed by atoms with Crippen LogP contribution in [-0.4, -0.2) is 34.1 Å². The topological polar surface area (TPSA) is 88.5 Å². The lowest BCUT2D eigenvalue weighted by atomic mass is 10.1. The number of hydrogen-bond acceptors (Lipinski definition) is 5. The van der Waals surface area contributed by atoms with Crippen molar-refractivity contribution in [1.29, 1.82) is 0 Å². The van der Waals surface area contributed by atoms with E-state index in [2.05, 4.69) is 10.6 Å². The number of anilines is 2. The van der Waals surface area contributed by atoms with Crippen molar-refractivity contribution >= 4 is 17.7 Å². The molecule has 2 heterocycles. The van der Waals surface area contributed by atoms with Gasteiger partial charge in [0.1, 0.15) is 5.75 Å². The summed E-state index contributed by atoms with van der Waals surface area (Å²) in [6.07, 6.45) is 0.360. The molecule has 0 atom stereocenters. The van der Waals surface area contributed by atoms with Crippen LogP contribution in [0.3, 0.4) is 0 Å². The number of para-hydroxylation sites is 1. The molecule has 1 aromatic heterocycles. The van der Waals surface area contributed by atoms with Crippen molar-refractivity contribution in [3.8, 4) is 11.4 Å². The average Bonchev–Trinajstić information content (AvgIpc) is 2.94. The summed E-state index contributed by atoms with van der Waals surface area (Å²) >= 11 is 0. The van der Waals surface area contributed by atoms with Gasteiger partial charge < -0.3 is 20.3 Å². The van der Waals surface area contributed by atoms with E-state index in [4.69, 9.17) is 9.72 Å². The van der Waals surface area contributed by atoms with Gasteiger partial charge >= 0.3 is 6.03 Å². The molecule has 0 fully saturated rings. The number of carbonyl (C=O) groups is 1. The first kappa shape index (κ1) is 24.9. The Kier molecular flexibility index (Phi) is 7.03. The fraction of sp³-hybridized carbons (Fsp3) is 0.179. The van der Waals surface area contributed by atoms with Crippen molar-refractivity contribution in [1.82, 2.24) is 14.5 Å². The molecule has 0 bridgehead atoms. The Morgan fingerprint density at radius 2 is 1.84 bits per heavy atom. The lowest BCUT2D eigenvalue weighted by molar-refractivity contribution is 0.205. The second-order valence-corrected chi connectivity index (χ2v) is 8.77. The number of hydrogen-bond donors (Lipinski definition) is 2. The summed E-state index contributed by atoms with van der Waals surface area (Å²) in [6.45, 7) is 0.747. The van der Waals surface area contributed by atoms with Crippen LogP contribution in [0.15, 0.2) is 77.6 Å². The van der Waals surface area contributed by atoms with E-state index in [1.165, 1.54) is 15.5 Å². The standard InChI is InChI=1S/C28H25F2N5O3/c1-38-21-9-5-6-18(14-21)16-31-27-33-25-12-13-34(28(37)32-19-10-11-23(29)24(30)15-19)17-22(25)26(36)35(27)20-7-3-2-4-8-20/h2-11,14-15H,12-13,16-17H2,1H3,(H,31,33)(H,32,37). The number of nitrogens with one attached hydrogen (secondary N) is 2. The zero-order valence-corrected chi connectivity index (χ0v) is 20.6. The zero-order valence-electron chi connectivity index (χ0n) is 20.6. The number of urea groups is 1. The van der Waals surface area contributed by atoms with Crippen LogP contribution in [0.25, 0.3) is 5.69 Å². The van der Waals surface area contributed by atoms with Crippen LogP contribution in [0.5, 0.6) is 5.75 Å². The summed E-state index contributed by atoms with van der Waals surface area (Å²) in [4.78, 5) is 32.9. The van der Waals surface area contributed by atoms with Crippen molar-refractivity contribution in [3.63, 3.8) is 0 Å². The number of carbonyl (C=O) groups excluding carboxylic acids is 1. The first-order valence-corrected chi connectivity index (χ1v) is 12.0. The number of aromatic nitrogens is 2. The Labute approximate surface area is 217 Å². The molecule has 0 aliphatic carbocycles. The Morgan fingerprint density at radius 1 is 1.03 bits per heavy atom. The van der Waals surface area contributed by atoms with Crippen molar-refractivity contribution in [2.24, 2.45) is 0 Å².